The molecule has 136 valence electrons. The lowest BCUT2D eigenvalue weighted by Crippen LogP contribution is -2.43. The number of benzene rings is 1. The van der Waals surface area contributed by atoms with Crippen LogP contribution in [0.3, 0.4) is 0 Å². The Bertz CT molecular complexity index is 539. The Balaban J connectivity index is 2.58. The number of nitrogens with one attached hydrogen (secondary N) is 1. The minimum Gasteiger partial charge on any atom is -0.481 e. The van der Waals surface area contributed by atoms with E-state index in [1.165, 1.54) is 12.1 Å². The van der Waals surface area contributed by atoms with Crippen LogP contribution in [0.25, 0.3) is 0 Å². The number of alkyl halides is 3. The SMILES string of the molecule is CCC(CC)(CNC(C)CCc1cccc(C(F)(F)F)c1)C(=O)O. The van der Waals surface area contributed by atoms with Crippen LogP contribution in [-0.2, 0) is 17.4 Å². The fraction of sp³-hybridized carbons (Fsp3) is 0.611. The van der Waals surface area contributed by atoms with Crippen molar-refractivity contribution >= 4 is 5.97 Å². The highest BCUT2D eigenvalue weighted by Gasteiger charge is 2.34. The van der Waals surface area contributed by atoms with Crippen molar-refractivity contribution in [2.24, 2.45) is 5.41 Å². The number of carbonyl (C=O) groups is 1. The van der Waals surface area contributed by atoms with Crippen LogP contribution < -0.4 is 5.32 Å². The number of halogens is 3. The lowest BCUT2D eigenvalue weighted by Gasteiger charge is -2.29. The van der Waals surface area contributed by atoms with Gasteiger partial charge in [-0.25, -0.2) is 0 Å². The van der Waals surface area contributed by atoms with Crippen LogP contribution in [0.2, 0.25) is 0 Å². The lowest BCUT2D eigenvalue weighted by molar-refractivity contribution is -0.149. The fourth-order valence-corrected chi connectivity index (χ4v) is 2.64. The van der Waals surface area contributed by atoms with E-state index in [2.05, 4.69) is 5.32 Å². The molecule has 0 spiro atoms. The average molecular weight is 345 g/mol. The van der Waals surface area contributed by atoms with Gasteiger partial charge in [-0.1, -0.05) is 32.0 Å². The topological polar surface area (TPSA) is 49.3 Å². The molecule has 1 aromatic rings. The number of aryl methyl sites for hydroxylation is 1. The van der Waals surface area contributed by atoms with Crippen molar-refractivity contribution in [2.45, 2.75) is 58.7 Å². The fourth-order valence-electron chi connectivity index (χ4n) is 2.64. The quantitative estimate of drug-likeness (QED) is 0.692. The molecule has 0 aliphatic rings. The van der Waals surface area contributed by atoms with E-state index in [4.69, 9.17) is 0 Å². The molecule has 24 heavy (non-hydrogen) atoms. The Labute approximate surface area is 141 Å². The van der Waals surface area contributed by atoms with Gasteiger partial charge < -0.3 is 10.4 Å². The minimum atomic E-state index is -4.33. The summed E-state index contributed by atoms with van der Waals surface area (Å²) in [4.78, 5) is 11.5. The standard InChI is InChI=1S/C18H26F3NO2/c1-4-17(5-2,16(23)24)12-22-13(3)9-10-14-7-6-8-15(11-14)18(19,20)21/h6-8,11,13,22H,4-5,9-10,12H2,1-3H3,(H,23,24). The molecule has 1 rings (SSSR count). The van der Waals surface area contributed by atoms with E-state index in [1.807, 2.05) is 20.8 Å². The summed E-state index contributed by atoms with van der Waals surface area (Å²) in [7, 11) is 0. The summed E-state index contributed by atoms with van der Waals surface area (Å²) in [5.41, 5.74) is -0.791. The van der Waals surface area contributed by atoms with E-state index < -0.39 is 23.1 Å². The molecule has 1 aromatic carbocycles. The van der Waals surface area contributed by atoms with Crippen molar-refractivity contribution in [1.29, 1.82) is 0 Å². The predicted molar refractivity (Wildman–Crippen MR) is 87.9 cm³/mol. The predicted octanol–water partition coefficient (Wildman–Crippen LogP) is 4.51. The van der Waals surface area contributed by atoms with Gasteiger partial charge in [-0.2, -0.15) is 13.2 Å². The van der Waals surface area contributed by atoms with E-state index in [1.54, 1.807) is 6.07 Å². The number of aliphatic carboxylic acids is 1. The molecule has 6 heteroatoms. The van der Waals surface area contributed by atoms with E-state index >= 15 is 0 Å². The van der Waals surface area contributed by atoms with E-state index in [-0.39, 0.29) is 6.04 Å². The van der Waals surface area contributed by atoms with Crippen molar-refractivity contribution in [3.63, 3.8) is 0 Å². The van der Waals surface area contributed by atoms with Crippen LogP contribution >= 0.6 is 0 Å². The molecule has 1 atom stereocenters. The summed E-state index contributed by atoms with van der Waals surface area (Å²) in [6.07, 6.45) is -2.11. The van der Waals surface area contributed by atoms with Gasteiger partial charge in [0.25, 0.3) is 0 Å². The first-order valence-corrected chi connectivity index (χ1v) is 8.27. The first-order chi connectivity index (χ1) is 11.1. The summed E-state index contributed by atoms with van der Waals surface area (Å²) >= 11 is 0. The number of hydrogen-bond acceptors (Lipinski definition) is 2. The van der Waals surface area contributed by atoms with Crippen LogP contribution in [0.4, 0.5) is 13.2 Å². The normalized spacial score (nSPS) is 13.8. The summed E-state index contributed by atoms with van der Waals surface area (Å²) in [6, 6.07) is 5.36. The second-order valence-corrected chi connectivity index (χ2v) is 6.31. The molecule has 1 unspecified atom stereocenters. The van der Waals surface area contributed by atoms with Crippen LogP contribution in [0, 0.1) is 5.41 Å². The van der Waals surface area contributed by atoms with E-state index in [0.29, 0.717) is 37.8 Å². The molecule has 0 aliphatic carbocycles. The molecule has 0 saturated carbocycles. The zero-order valence-electron chi connectivity index (χ0n) is 14.4. The molecule has 0 aliphatic heterocycles. The number of carboxylic acid groups (broad SMARTS) is 1. The highest BCUT2D eigenvalue weighted by atomic mass is 19.4. The maximum absolute atomic E-state index is 12.7. The molecule has 0 aromatic heterocycles. The monoisotopic (exact) mass is 345 g/mol. The minimum absolute atomic E-state index is 0.0244. The Hall–Kier alpha value is -1.56. The van der Waals surface area contributed by atoms with Crippen molar-refractivity contribution in [1.82, 2.24) is 5.32 Å². The third-order valence-electron chi connectivity index (χ3n) is 4.72. The van der Waals surface area contributed by atoms with Gasteiger partial charge in [-0.05, 0) is 44.2 Å². The number of hydrogen-bond donors (Lipinski definition) is 2. The second-order valence-electron chi connectivity index (χ2n) is 6.31. The third-order valence-corrected chi connectivity index (χ3v) is 4.72. The third kappa shape index (κ3) is 5.51. The van der Waals surface area contributed by atoms with Gasteiger partial charge in [0.2, 0.25) is 0 Å². The number of carboxylic acids is 1. The summed E-state index contributed by atoms with van der Waals surface area (Å²) in [5, 5.41) is 12.6. The first kappa shape index (κ1) is 20.5. The van der Waals surface area contributed by atoms with Crippen molar-refractivity contribution < 1.29 is 23.1 Å². The Morgan fingerprint density at radius 2 is 1.88 bits per heavy atom. The molecule has 2 N–H and O–H groups in total. The zero-order chi connectivity index (χ0) is 18.4. The zero-order valence-corrected chi connectivity index (χ0v) is 14.4. The summed E-state index contributed by atoms with van der Waals surface area (Å²) in [5.74, 6) is -0.815. The Kier molecular flexibility index (Phi) is 7.27. The van der Waals surface area contributed by atoms with Crippen molar-refractivity contribution in [2.75, 3.05) is 6.54 Å². The first-order valence-electron chi connectivity index (χ1n) is 8.27. The van der Waals surface area contributed by atoms with Gasteiger partial charge in [0, 0.05) is 12.6 Å². The molecule has 0 radical (unpaired) electrons. The molecule has 0 bridgehead atoms. The van der Waals surface area contributed by atoms with Crippen LogP contribution in [0.15, 0.2) is 24.3 Å². The average Bonchev–Trinajstić information content (AvgIpc) is 2.53. The van der Waals surface area contributed by atoms with Gasteiger partial charge in [-0.15, -0.1) is 0 Å². The van der Waals surface area contributed by atoms with Crippen molar-refractivity contribution in [3.8, 4) is 0 Å². The molecule has 0 amide bonds. The number of rotatable bonds is 9. The lowest BCUT2D eigenvalue weighted by atomic mass is 9.82. The van der Waals surface area contributed by atoms with Gasteiger partial charge >= 0.3 is 12.1 Å². The highest BCUT2D eigenvalue weighted by Crippen LogP contribution is 2.30. The summed E-state index contributed by atoms with van der Waals surface area (Å²) in [6.45, 7) is 5.99. The van der Waals surface area contributed by atoms with Crippen LogP contribution in [0.5, 0.6) is 0 Å². The Morgan fingerprint density at radius 3 is 2.38 bits per heavy atom. The summed E-state index contributed by atoms with van der Waals surface area (Å²) < 4.78 is 38.1. The Morgan fingerprint density at radius 1 is 1.25 bits per heavy atom. The highest BCUT2D eigenvalue weighted by molar-refractivity contribution is 5.74. The molecule has 0 heterocycles. The molecule has 3 nitrogen and oxygen atoms in total. The van der Waals surface area contributed by atoms with Crippen molar-refractivity contribution in [3.05, 3.63) is 35.4 Å². The smallest absolute Gasteiger partial charge is 0.416 e. The van der Waals surface area contributed by atoms with Gasteiger partial charge in [0.15, 0.2) is 0 Å². The maximum atomic E-state index is 12.7. The molecule has 0 fully saturated rings. The van der Waals surface area contributed by atoms with E-state index in [9.17, 15) is 23.1 Å². The maximum Gasteiger partial charge on any atom is 0.416 e. The second kappa shape index (κ2) is 8.51. The molecule has 0 saturated heterocycles. The van der Waals surface area contributed by atoms with Gasteiger partial charge in [-0.3, -0.25) is 4.79 Å². The van der Waals surface area contributed by atoms with Gasteiger partial charge in [0.1, 0.15) is 0 Å². The molecular weight excluding hydrogens is 319 g/mol. The van der Waals surface area contributed by atoms with Crippen LogP contribution in [0.1, 0.15) is 51.2 Å². The van der Waals surface area contributed by atoms with E-state index in [0.717, 1.165) is 6.07 Å². The van der Waals surface area contributed by atoms with Gasteiger partial charge in [0.05, 0.1) is 11.0 Å². The van der Waals surface area contributed by atoms with Crippen LogP contribution in [-0.4, -0.2) is 23.7 Å². The molecular formula is C18H26F3NO2. The largest absolute Gasteiger partial charge is 0.481 e.